The molecule has 0 radical (unpaired) electrons. The minimum atomic E-state index is -4.22. The first-order chi connectivity index (χ1) is 11.9. The zero-order valence-corrected chi connectivity index (χ0v) is 12.4. The molecule has 0 fully saturated rings. The summed E-state index contributed by atoms with van der Waals surface area (Å²) < 4.78 is 28.7. The van der Waals surface area contributed by atoms with Gasteiger partial charge in [0.05, 0.1) is 28.3 Å². The number of carbonyl (C=O) groups is 3. The Morgan fingerprint density at radius 2 is 1.52 bits per heavy atom. The molecular weight excluding hydrogens is 334 g/mol. The predicted octanol–water partition coefficient (Wildman–Crippen LogP) is 2.40. The van der Waals surface area contributed by atoms with Crippen LogP contribution in [0.5, 0.6) is 0 Å². The molecule has 0 saturated carbocycles. The van der Waals surface area contributed by atoms with Crippen molar-refractivity contribution in [1.29, 1.82) is 5.26 Å². The smallest absolute Gasteiger partial charge is 0.323 e. The van der Waals surface area contributed by atoms with Crippen LogP contribution in [0.15, 0.2) is 48.5 Å². The minimum absolute atomic E-state index is 0.00407. The molecule has 0 unspecified atom stereocenters. The third-order valence-electron chi connectivity index (χ3n) is 3.57. The van der Waals surface area contributed by atoms with Gasteiger partial charge in [0.2, 0.25) is 0 Å². The molecule has 25 heavy (non-hydrogen) atoms. The highest BCUT2D eigenvalue weighted by atomic mass is 19.3. The van der Waals surface area contributed by atoms with Crippen LogP contribution in [0.3, 0.4) is 0 Å². The van der Waals surface area contributed by atoms with E-state index >= 15 is 0 Å². The van der Waals surface area contributed by atoms with Gasteiger partial charge < -0.3 is 4.84 Å². The largest absolute Gasteiger partial charge is 0.407 e. The Labute approximate surface area is 139 Å². The molecule has 0 aromatic heterocycles. The van der Waals surface area contributed by atoms with Gasteiger partial charge in [-0.25, -0.2) is 4.79 Å². The van der Waals surface area contributed by atoms with Crippen LogP contribution < -0.4 is 0 Å². The lowest BCUT2D eigenvalue weighted by molar-refractivity contribution is -0.198. The second-order valence-electron chi connectivity index (χ2n) is 5.06. The SMILES string of the molecule is N#Cc1ccccc1C(F)(F)C(=O)ON1C(=O)c2ccccc2C1=O. The highest BCUT2D eigenvalue weighted by Gasteiger charge is 2.49. The zero-order valence-electron chi connectivity index (χ0n) is 12.4. The van der Waals surface area contributed by atoms with Gasteiger partial charge in [0, 0.05) is 0 Å². The number of hydrogen-bond donors (Lipinski definition) is 0. The average Bonchev–Trinajstić information content (AvgIpc) is 2.87. The van der Waals surface area contributed by atoms with Gasteiger partial charge in [-0.1, -0.05) is 35.4 Å². The molecule has 124 valence electrons. The Kier molecular flexibility index (Phi) is 3.77. The average molecular weight is 342 g/mol. The van der Waals surface area contributed by atoms with E-state index in [0.717, 1.165) is 12.1 Å². The summed E-state index contributed by atoms with van der Waals surface area (Å²) in [5.41, 5.74) is -1.41. The normalized spacial score (nSPS) is 13.4. The molecule has 0 spiro atoms. The number of hydroxylamine groups is 2. The molecule has 1 aliphatic rings. The van der Waals surface area contributed by atoms with E-state index in [1.807, 2.05) is 0 Å². The first kappa shape index (κ1) is 16.3. The first-order valence-corrected chi connectivity index (χ1v) is 6.95. The molecule has 6 nitrogen and oxygen atoms in total. The number of rotatable bonds is 3. The summed E-state index contributed by atoms with van der Waals surface area (Å²) in [4.78, 5) is 40.4. The summed E-state index contributed by atoms with van der Waals surface area (Å²) >= 11 is 0. The molecule has 0 atom stereocenters. The van der Waals surface area contributed by atoms with E-state index in [1.165, 1.54) is 36.4 Å². The molecule has 2 aromatic rings. The lowest BCUT2D eigenvalue weighted by Gasteiger charge is -2.19. The maximum atomic E-state index is 14.4. The highest BCUT2D eigenvalue weighted by molar-refractivity contribution is 6.20. The number of hydrogen-bond acceptors (Lipinski definition) is 5. The van der Waals surface area contributed by atoms with Crippen molar-refractivity contribution < 1.29 is 28.0 Å². The maximum absolute atomic E-state index is 14.4. The van der Waals surface area contributed by atoms with Gasteiger partial charge in [-0.3, -0.25) is 9.59 Å². The van der Waals surface area contributed by atoms with Gasteiger partial charge >= 0.3 is 11.9 Å². The van der Waals surface area contributed by atoms with Crippen LogP contribution in [0.2, 0.25) is 0 Å². The van der Waals surface area contributed by atoms with Crippen molar-refractivity contribution in [2.45, 2.75) is 5.92 Å². The van der Waals surface area contributed by atoms with Crippen molar-refractivity contribution in [3.63, 3.8) is 0 Å². The lowest BCUT2D eigenvalue weighted by Crippen LogP contribution is -2.39. The van der Waals surface area contributed by atoms with Crippen molar-refractivity contribution in [3.05, 3.63) is 70.8 Å². The van der Waals surface area contributed by atoms with Gasteiger partial charge in [0.25, 0.3) is 11.8 Å². The number of benzene rings is 2. The van der Waals surface area contributed by atoms with Crippen molar-refractivity contribution >= 4 is 17.8 Å². The highest BCUT2D eigenvalue weighted by Crippen LogP contribution is 2.33. The monoisotopic (exact) mass is 342 g/mol. The van der Waals surface area contributed by atoms with Gasteiger partial charge in [0.15, 0.2) is 0 Å². The van der Waals surface area contributed by atoms with Crippen LogP contribution in [0.25, 0.3) is 0 Å². The number of halogens is 2. The molecule has 2 aromatic carbocycles. The summed E-state index contributed by atoms with van der Waals surface area (Å²) in [7, 11) is 0. The number of nitrogens with zero attached hydrogens (tertiary/aromatic N) is 2. The number of nitriles is 1. The summed E-state index contributed by atoms with van der Waals surface area (Å²) in [6, 6.07) is 11.7. The Balaban J connectivity index is 1.89. The third-order valence-corrected chi connectivity index (χ3v) is 3.57. The Morgan fingerprint density at radius 3 is 2.08 bits per heavy atom. The number of alkyl halides is 2. The zero-order chi connectivity index (χ0) is 18.2. The molecule has 0 saturated heterocycles. The molecule has 0 aliphatic carbocycles. The summed E-state index contributed by atoms with van der Waals surface area (Å²) in [5.74, 6) is -8.39. The number of amides is 2. The van der Waals surface area contributed by atoms with Crippen LogP contribution >= 0.6 is 0 Å². The summed E-state index contributed by atoms with van der Waals surface area (Å²) in [6.45, 7) is 0. The molecule has 2 amide bonds. The third kappa shape index (κ3) is 2.52. The molecule has 0 N–H and O–H groups in total. The van der Waals surface area contributed by atoms with E-state index < -0.39 is 34.8 Å². The molecule has 1 aliphatic heterocycles. The quantitative estimate of drug-likeness (QED) is 0.800. The molecular formula is C17H8F2N2O4. The molecule has 0 bridgehead atoms. The molecule has 1 heterocycles. The molecule has 3 rings (SSSR count). The standard InChI is InChI=1S/C17H8F2N2O4/c18-17(19,13-8-4-1-5-10(13)9-20)16(24)25-21-14(22)11-6-2-3-7-12(11)15(21)23/h1-8H. The molecule has 8 heteroatoms. The maximum Gasteiger partial charge on any atom is 0.407 e. The Bertz CT molecular complexity index is 915. The van der Waals surface area contributed by atoms with Crippen molar-refractivity contribution in [3.8, 4) is 6.07 Å². The Hall–Kier alpha value is -3.60. The topological polar surface area (TPSA) is 87.5 Å². The fourth-order valence-corrected chi connectivity index (χ4v) is 2.35. The van der Waals surface area contributed by atoms with Crippen molar-refractivity contribution in [1.82, 2.24) is 5.06 Å². The van der Waals surface area contributed by atoms with E-state index in [1.54, 1.807) is 6.07 Å². The van der Waals surface area contributed by atoms with Crippen LogP contribution in [-0.4, -0.2) is 22.8 Å². The van der Waals surface area contributed by atoms with E-state index in [0.29, 0.717) is 0 Å². The van der Waals surface area contributed by atoms with Crippen LogP contribution in [0, 0.1) is 11.3 Å². The van der Waals surface area contributed by atoms with E-state index in [2.05, 4.69) is 4.84 Å². The number of imide groups is 1. The van der Waals surface area contributed by atoms with Gasteiger partial charge in [-0.05, 0) is 18.2 Å². The fourth-order valence-electron chi connectivity index (χ4n) is 2.35. The predicted molar refractivity (Wildman–Crippen MR) is 78.1 cm³/mol. The van der Waals surface area contributed by atoms with Crippen LogP contribution in [0.1, 0.15) is 31.8 Å². The second kappa shape index (κ2) is 5.79. The number of carbonyl (C=O) groups excluding carboxylic acids is 3. The summed E-state index contributed by atoms with van der Waals surface area (Å²) in [5, 5.41) is 8.89. The Morgan fingerprint density at radius 1 is 1.00 bits per heavy atom. The van der Waals surface area contributed by atoms with Gasteiger partial charge in [0.1, 0.15) is 0 Å². The van der Waals surface area contributed by atoms with Crippen LogP contribution in [-0.2, 0) is 15.6 Å². The second-order valence-corrected chi connectivity index (χ2v) is 5.06. The summed E-state index contributed by atoms with van der Waals surface area (Å²) in [6.07, 6.45) is 0. The van der Waals surface area contributed by atoms with Crippen LogP contribution in [0.4, 0.5) is 8.78 Å². The first-order valence-electron chi connectivity index (χ1n) is 6.95. The minimum Gasteiger partial charge on any atom is -0.323 e. The van der Waals surface area contributed by atoms with E-state index in [4.69, 9.17) is 5.26 Å². The lowest BCUT2D eigenvalue weighted by atomic mass is 10.0. The van der Waals surface area contributed by atoms with Crippen molar-refractivity contribution in [2.75, 3.05) is 0 Å². The van der Waals surface area contributed by atoms with E-state index in [9.17, 15) is 23.2 Å². The fraction of sp³-hybridized carbons (Fsp3) is 0.0588. The van der Waals surface area contributed by atoms with Gasteiger partial charge in [-0.2, -0.15) is 14.0 Å². The number of fused-ring (bicyclic) bond motifs is 1. The van der Waals surface area contributed by atoms with Gasteiger partial charge in [-0.15, -0.1) is 0 Å². The van der Waals surface area contributed by atoms with E-state index in [-0.39, 0.29) is 16.2 Å². The van der Waals surface area contributed by atoms with Crippen molar-refractivity contribution in [2.24, 2.45) is 0 Å².